The second kappa shape index (κ2) is 5.58. The Hall–Kier alpha value is -0.270. The SMILES string of the molecule is NNC(c1cc(Br)cs1)c1cccc(Br)c1F. The van der Waals surface area contributed by atoms with Gasteiger partial charge in [0.25, 0.3) is 0 Å². The molecule has 1 atom stereocenters. The fourth-order valence-electron chi connectivity index (χ4n) is 1.55. The van der Waals surface area contributed by atoms with Crippen LogP contribution in [0.2, 0.25) is 0 Å². The molecule has 17 heavy (non-hydrogen) atoms. The monoisotopic (exact) mass is 378 g/mol. The third kappa shape index (κ3) is 2.77. The Labute approximate surface area is 119 Å². The Kier molecular flexibility index (Phi) is 4.32. The molecule has 2 nitrogen and oxygen atoms in total. The highest BCUT2D eigenvalue weighted by Gasteiger charge is 2.19. The van der Waals surface area contributed by atoms with Crippen molar-refractivity contribution in [2.45, 2.75) is 6.04 Å². The van der Waals surface area contributed by atoms with Gasteiger partial charge >= 0.3 is 0 Å². The second-order valence-corrected chi connectivity index (χ2v) is 6.12. The fourth-order valence-corrected chi connectivity index (χ4v) is 3.45. The molecule has 0 amide bonds. The number of hydrogen-bond donors (Lipinski definition) is 2. The molecule has 0 bridgehead atoms. The molecule has 0 aliphatic heterocycles. The minimum absolute atomic E-state index is 0.292. The van der Waals surface area contributed by atoms with Gasteiger partial charge in [-0.1, -0.05) is 12.1 Å². The molecule has 1 aromatic carbocycles. The first-order valence-electron chi connectivity index (χ1n) is 4.77. The van der Waals surface area contributed by atoms with Crippen molar-refractivity contribution in [1.29, 1.82) is 0 Å². The molecule has 0 radical (unpaired) electrons. The molecule has 1 heterocycles. The summed E-state index contributed by atoms with van der Waals surface area (Å²) in [6, 6.07) is 6.75. The lowest BCUT2D eigenvalue weighted by Crippen LogP contribution is -2.29. The molecule has 6 heteroatoms. The molecule has 1 unspecified atom stereocenters. The zero-order valence-corrected chi connectivity index (χ0v) is 12.6. The highest BCUT2D eigenvalue weighted by Crippen LogP contribution is 2.32. The third-order valence-corrected chi connectivity index (χ3v) is 4.70. The number of thiophene rings is 1. The van der Waals surface area contributed by atoms with Gasteiger partial charge in [0, 0.05) is 20.3 Å². The molecule has 0 aliphatic rings. The van der Waals surface area contributed by atoms with E-state index in [1.807, 2.05) is 11.4 Å². The summed E-state index contributed by atoms with van der Waals surface area (Å²) in [5, 5.41) is 1.94. The summed E-state index contributed by atoms with van der Waals surface area (Å²) >= 11 is 8.07. The van der Waals surface area contributed by atoms with E-state index in [1.54, 1.807) is 18.2 Å². The van der Waals surface area contributed by atoms with Gasteiger partial charge in [-0.25, -0.2) is 9.82 Å². The first-order valence-corrected chi connectivity index (χ1v) is 7.24. The maximum absolute atomic E-state index is 14.0. The van der Waals surface area contributed by atoms with E-state index in [4.69, 9.17) is 5.84 Å². The Morgan fingerprint density at radius 3 is 2.71 bits per heavy atom. The normalized spacial score (nSPS) is 12.7. The van der Waals surface area contributed by atoms with Crippen molar-refractivity contribution in [2.24, 2.45) is 5.84 Å². The summed E-state index contributed by atoms with van der Waals surface area (Å²) in [7, 11) is 0. The molecule has 2 aromatic rings. The number of hydrazine groups is 1. The third-order valence-electron chi connectivity index (χ3n) is 2.33. The largest absolute Gasteiger partial charge is 0.271 e. The van der Waals surface area contributed by atoms with E-state index in [0.29, 0.717) is 10.0 Å². The predicted molar refractivity (Wildman–Crippen MR) is 75.3 cm³/mol. The molecular formula is C11H9Br2FN2S. The minimum atomic E-state index is -0.344. The van der Waals surface area contributed by atoms with Gasteiger partial charge in [0.2, 0.25) is 0 Å². The van der Waals surface area contributed by atoms with Crippen LogP contribution in [0.5, 0.6) is 0 Å². The Balaban J connectivity index is 2.45. The van der Waals surface area contributed by atoms with Crippen LogP contribution in [-0.2, 0) is 0 Å². The van der Waals surface area contributed by atoms with Crippen LogP contribution >= 0.6 is 43.2 Å². The summed E-state index contributed by atoms with van der Waals surface area (Å²) in [6.07, 6.45) is 0. The van der Waals surface area contributed by atoms with Gasteiger partial charge in [0.05, 0.1) is 10.5 Å². The second-order valence-electron chi connectivity index (χ2n) is 3.41. The average molecular weight is 380 g/mol. The molecule has 90 valence electrons. The van der Waals surface area contributed by atoms with Crippen LogP contribution in [0.4, 0.5) is 4.39 Å². The Morgan fingerprint density at radius 1 is 1.35 bits per heavy atom. The minimum Gasteiger partial charge on any atom is -0.271 e. The van der Waals surface area contributed by atoms with Crippen LogP contribution in [0.15, 0.2) is 38.6 Å². The molecule has 0 fully saturated rings. The van der Waals surface area contributed by atoms with E-state index in [0.717, 1.165) is 9.35 Å². The number of halogens is 3. The van der Waals surface area contributed by atoms with E-state index >= 15 is 0 Å². The van der Waals surface area contributed by atoms with Crippen molar-refractivity contribution < 1.29 is 4.39 Å². The van der Waals surface area contributed by atoms with Crippen LogP contribution in [0.25, 0.3) is 0 Å². The first kappa shape index (κ1) is 13.2. The number of nitrogens with one attached hydrogen (secondary N) is 1. The van der Waals surface area contributed by atoms with Crippen molar-refractivity contribution in [3.63, 3.8) is 0 Å². The summed E-state index contributed by atoms with van der Waals surface area (Å²) in [5.41, 5.74) is 3.17. The lowest BCUT2D eigenvalue weighted by molar-refractivity contribution is 0.560. The van der Waals surface area contributed by atoms with Crippen molar-refractivity contribution in [2.75, 3.05) is 0 Å². The van der Waals surface area contributed by atoms with Gasteiger partial charge in [0.1, 0.15) is 5.82 Å². The van der Waals surface area contributed by atoms with Crippen molar-refractivity contribution in [3.05, 3.63) is 54.8 Å². The smallest absolute Gasteiger partial charge is 0.142 e. The predicted octanol–water partition coefficient (Wildman–Crippen LogP) is 3.96. The molecule has 0 spiro atoms. The van der Waals surface area contributed by atoms with Gasteiger partial charge in [-0.05, 0) is 44.0 Å². The lowest BCUT2D eigenvalue weighted by atomic mass is 10.1. The Bertz CT molecular complexity index is 530. The van der Waals surface area contributed by atoms with Crippen LogP contribution in [0.1, 0.15) is 16.5 Å². The summed E-state index contributed by atoms with van der Waals surface area (Å²) in [6.45, 7) is 0. The average Bonchev–Trinajstić information content (AvgIpc) is 2.72. The number of rotatable bonds is 3. The molecule has 0 aliphatic carbocycles. The van der Waals surface area contributed by atoms with Gasteiger partial charge in [-0.2, -0.15) is 0 Å². The van der Waals surface area contributed by atoms with Gasteiger partial charge < -0.3 is 0 Å². The quantitative estimate of drug-likeness (QED) is 0.625. The highest BCUT2D eigenvalue weighted by molar-refractivity contribution is 9.10. The fraction of sp³-hybridized carbons (Fsp3) is 0.0909. The summed E-state index contributed by atoms with van der Waals surface area (Å²) in [4.78, 5) is 0.955. The molecule has 2 rings (SSSR count). The van der Waals surface area contributed by atoms with E-state index in [1.165, 1.54) is 11.3 Å². The van der Waals surface area contributed by atoms with Crippen molar-refractivity contribution in [3.8, 4) is 0 Å². The van der Waals surface area contributed by atoms with Crippen LogP contribution < -0.4 is 11.3 Å². The number of hydrogen-bond acceptors (Lipinski definition) is 3. The van der Waals surface area contributed by atoms with E-state index in [2.05, 4.69) is 37.3 Å². The zero-order chi connectivity index (χ0) is 12.4. The topological polar surface area (TPSA) is 38.0 Å². The molecule has 0 saturated heterocycles. The van der Waals surface area contributed by atoms with Gasteiger partial charge in [-0.15, -0.1) is 11.3 Å². The molecule has 3 N–H and O–H groups in total. The summed E-state index contributed by atoms with van der Waals surface area (Å²) in [5.74, 6) is 5.23. The van der Waals surface area contributed by atoms with Crippen molar-refractivity contribution >= 4 is 43.2 Å². The summed E-state index contributed by atoms with van der Waals surface area (Å²) < 4.78 is 15.4. The molecule has 1 aromatic heterocycles. The highest BCUT2D eigenvalue weighted by atomic mass is 79.9. The van der Waals surface area contributed by atoms with Crippen molar-refractivity contribution in [1.82, 2.24) is 5.43 Å². The maximum Gasteiger partial charge on any atom is 0.142 e. The van der Waals surface area contributed by atoms with E-state index in [-0.39, 0.29) is 11.9 Å². The van der Waals surface area contributed by atoms with Crippen LogP contribution in [0, 0.1) is 5.82 Å². The van der Waals surface area contributed by atoms with E-state index < -0.39 is 0 Å². The molecule has 0 saturated carbocycles. The standard InChI is InChI=1S/C11H9Br2FN2S/c12-6-4-9(17-5-6)11(16-15)7-2-1-3-8(13)10(7)14/h1-5,11,16H,15H2. The lowest BCUT2D eigenvalue weighted by Gasteiger charge is -2.16. The van der Waals surface area contributed by atoms with Gasteiger partial charge in [-0.3, -0.25) is 5.84 Å². The molecular weight excluding hydrogens is 371 g/mol. The van der Waals surface area contributed by atoms with Crippen LogP contribution in [-0.4, -0.2) is 0 Å². The van der Waals surface area contributed by atoms with E-state index in [9.17, 15) is 4.39 Å². The zero-order valence-electron chi connectivity index (χ0n) is 8.58. The number of nitrogens with two attached hydrogens (primary N) is 1. The van der Waals surface area contributed by atoms with Crippen LogP contribution in [0.3, 0.4) is 0 Å². The Morgan fingerprint density at radius 2 is 2.12 bits per heavy atom. The van der Waals surface area contributed by atoms with Gasteiger partial charge in [0.15, 0.2) is 0 Å². The number of benzene rings is 1. The maximum atomic E-state index is 14.0. The first-order chi connectivity index (χ1) is 8.13.